The van der Waals surface area contributed by atoms with Crippen LogP contribution in [0.1, 0.15) is 33.4 Å². The Morgan fingerprint density at radius 1 is 0.621 bits per heavy atom. The van der Waals surface area contributed by atoms with Crippen LogP contribution in [0.2, 0.25) is 5.02 Å². The average molecular weight is 396 g/mol. The number of para-hydroxylation sites is 1. The molecule has 1 nitrogen and oxygen atoms in total. The lowest BCUT2D eigenvalue weighted by atomic mass is 9.62. The van der Waals surface area contributed by atoms with E-state index in [1.807, 2.05) is 6.07 Å². The van der Waals surface area contributed by atoms with Crippen LogP contribution >= 0.6 is 11.6 Å². The van der Waals surface area contributed by atoms with Gasteiger partial charge in [-0.1, -0.05) is 89.5 Å². The van der Waals surface area contributed by atoms with Crippen molar-refractivity contribution in [3.8, 4) is 0 Å². The van der Waals surface area contributed by atoms with Crippen molar-refractivity contribution in [2.24, 2.45) is 0 Å². The molecule has 4 aromatic carbocycles. The first-order valence-corrected chi connectivity index (χ1v) is 10.3. The van der Waals surface area contributed by atoms with Crippen LogP contribution < -0.4 is 5.32 Å². The van der Waals surface area contributed by atoms with Crippen molar-refractivity contribution in [2.75, 3.05) is 5.32 Å². The van der Waals surface area contributed by atoms with Crippen LogP contribution in [0, 0.1) is 13.8 Å². The van der Waals surface area contributed by atoms with E-state index in [-0.39, 0.29) is 0 Å². The van der Waals surface area contributed by atoms with Crippen molar-refractivity contribution in [3.05, 3.63) is 129 Å². The molecule has 2 heteroatoms. The Kier molecular flexibility index (Phi) is 4.22. The predicted octanol–water partition coefficient (Wildman–Crippen LogP) is 7.40. The quantitative estimate of drug-likeness (QED) is 0.328. The van der Waals surface area contributed by atoms with Crippen molar-refractivity contribution in [2.45, 2.75) is 19.3 Å². The van der Waals surface area contributed by atoms with Gasteiger partial charge in [0, 0.05) is 16.4 Å². The number of anilines is 2. The molecule has 0 aliphatic carbocycles. The van der Waals surface area contributed by atoms with Gasteiger partial charge in [-0.15, -0.1) is 0 Å². The van der Waals surface area contributed by atoms with Crippen LogP contribution in [0.5, 0.6) is 0 Å². The summed E-state index contributed by atoms with van der Waals surface area (Å²) in [5.41, 5.74) is 9.18. The van der Waals surface area contributed by atoms with Crippen molar-refractivity contribution in [1.82, 2.24) is 0 Å². The van der Waals surface area contributed by atoms with E-state index in [1.54, 1.807) is 0 Å². The lowest BCUT2D eigenvalue weighted by Crippen LogP contribution is -2.35. The third kappa shape index (κ3) is 2.77. The van der Waals surface area contributed by atoms with Gasteiger partial charge >= 0.3 is 0 Å². The molecule has 0 saturated heterocycles. The highest BCUT2D eigenvalue weighted by atomic mass is 35.5. The highest BCUT2D eigenvalue weighted by molar-refractivity contribution is 6.30. The molecule has 1 heterocycles. The fourth-order valence-corrected chi connectivity index (χ4v) is 4.71. The lowest BCUT2D eigenvalue weighted by molar-refractivity contribution is 0.740. The molecule has 142 valence electrons. The minimum Gasteiger partial charge on any atom is -0.355 e. The van der Waals surface area contributed by atoms with E-state index in [2.05, 4.69) is 104 Å². The number of hydrogen-bond donors (Lipinski definition) is 1. The molecule has 29 heavy (non-hydrogen) atoms. The van der Waals surface area contributed by atoms with Gasteiger partial charge in [0.25, 0.3) is 0 Å². The summed E-state index contributed by atoms with van der Waals surface area (Å²) in [7, 11) is 0. The van der Waals surface area contributed by atoms with Crippen LogP contribution in [-0.4, -0.2) is 0 Å². The number of halogens is 1. The lowest BCUT2D eigenvalue weighted by Gasteiger charge is -2.42. The molecule has 4 aromatic rings. The van der Waals surface area contributed by atoms with Gasteiger partial charge < -0.3 is 5.32 Å². The smallest absolute Gasteiger partial charge is 0.0742 e. The predicted molar refractivity (Wildman–Crippen MR) is 123 cm³/mol. The maximum atomic E-state index is 6.53. The topological polar surface area (TPSA) is 12.0 Å². The standard InChI is InChI=1S/C27H22ClN/c1-18-7-11-20(12-8-18)27(21-13-9-19(2)10-14-21)23-5-3-4-6-25(23)29-26-16-15-22(28)17-24(26)27/h3-17,29H,1-2H3. The second-order valence-electron chi connectivity index (χ2n) is 7.84. The van der Waals surface area contributed by atoms with Gasteiger partial charge in [0.15, 0.2) is 0 Å². The Hall–Kier alpha value is -3.03. The zero-order chi connectivity index (χ0) is 20.0. The molecule has 0 atom stereocenters. The summed E-state index contributed by atoms with van der Waals surface area (Å²) in [6.45, 7) is 4.26. The van der Waals surface area contributed by atoms with Gasteiger partial charge in [-0.2, -0.15) is 0 Å². The number of fused-ring (bicyclic) bond motifs is 2. The maximum Gasteiger partial charge on any atom is 0.0742 e. The first-order chi connectivity index (χ1) is 14.1. The van der Waals surface area contributed by atoms with E-state index in [1.165, 1.54) is 33.4 Å². The minimum atomic E-state index is -0.441. The minimum absolute atomic E-state index is 0.441. The molecule has 0 aromatic heterocycles. The Morgan fingerprint density at radius 3 is 1.79 bits per heavy atom. The molecular weight excluding hydrogens is 374 g/mol. The SMILES string of the molecule is Cc1ccc(C2(c3ccc(C)cc3)c3ccccc3Nc3ccc(Cl)cc32)cc1. The van der Waals surface area contributed by atoms with Crippen molar-refractivity contribution < 1.29 is 0 Å². The summed E-state index contributed by atoms with van der Waals surface area (Å²) in [5, 5.41) is 4.37. The van der Waals surface area contributed by atoms with Crippen LogP contribution in [0.25, 0.3) is 0 Å². The fourth-order valence-electron chi connectivity index (χ4n) is 4.54. The number of rotatable bonds is 2. The third-order valence-corrected chi connectivity index (χ3v) is 6.19. The van der Waals surface area contributed by atoms with E-state index in [0.717, 1.165) is 16.4 Å². The molecule has 0 saturated carbocycles. The van der Waals surface area contributed by atoms with Gasteiger partial charge in [-0.25, -0.2) is 0 Å². The molecule has 0 amide bonds. The van der Waals surface area contributed by atoms with Crippen molar-refractivity contribution >= 4 is 23.0 Å². The molecule has 0 fully saturated rings. The molecule has 0 radical (unpaired) electrons. The fraction of sp³-hybridized carbons (Fsp3) is 0.111. The van der Waals surface area contributed by atoms with Gasteiger partial charge in [0.05, 0.1) is 5.41 Å². The second-order valence-corrected chi connectivity index (χ2v) is 8.28. The monoisotopic (exact) mass is 395 g/mol. The van der Waals surface area contributed by atoms with Gasteiger partial charge in [-0.05, 0) is 60.4 Å². The first kappa shape index (κ1) is 18.0. The highest BCUT2D eigenvalue weighted by Crippen LogP contribution is 2.53. The summed E-state index contributed by atoms with van der Waals surface area (Å²) < 4.78 is 0. The Morgan fingerprint density at radius 2 is 1.17 bits per heavy atom. The van der Waals surface area contributed by atoms with Gasteiger partial charge in [0.2, 0.25) is 0 Å². The third-order valence-electron chi connectivity index (χ3n) is 5.96. The maximum absolute atomic E-state index is 6.53. The largest absolute Gasteiger partial charge is 0.355 e. The number of aryl methyl sites for hydroxylation is 2. The van der Waals surface area contributed by atoms with Crippen LogP contribution in [0.3, 0.4) is 0 Å². The van der Waals surface area contributed by atoms with Crippen LogP contribution in [0.4, 0.5) is 11.4 Å². The molecular formula is C27H22ClN. The molecule has 1 N–H and O–H groups in total. The first-order valence-electron chi connectivity index (χ1n) is 9.90. The molecule has 1 aliphatic rings. The normalized spacial score (nSPS) is 13.9. The zero-order valence-corrected chi connectivity index (χ0v) is 17.3. The van der Waals surface area contributed by atoms with Crippen LogP contribution in [0.15, 0.2) is 91.0 Å². The van der Waals surface area contributed by atoms with E-state index in [0.29, 0.717) is 0 Å². The zero-order valence-electron chi connectivity index (χ0n) is 16.5. The number of benzene rings is 4. The summed E-state index contributed by atoms with van der Waals surface area (Å²) in [6.07, 6.45) is 0. The summed E-state index contributed by atoms with van der Waals surface area (Å²) in [4.78, 5) is 0. The van der Waals surface area contributed by atoms with Gasteiger partial charge in [0.1, 0.15) is 0 Å². The Labute approximate surface area is 177 Å². The van der Waals surface area contributed by atoms with E-state index < -0.39 is 5.41 Å². The van der Waals surface area contributed by atoms with E-state index in [9.17, 15) is 0 Å². The Balaban J connectivity index is 1.96. The molecule has 0 spiro atoms. The van der Waals surface area contributed by atoms with E-state index in [4.69, 9.17) is 11.6 Å². The summed E-state index contributed by atoms with van der Waals surface area (Å²) in [5.74, 6) is 0. The number of hydrogen-bond acceptors (Lipinski definition) is 1. The summed E-state index contributed by atoms with van der Waals surface area (Å²) in [6, 6.07) is 32.5. The highest BCUT2D eigenvalue weighted by Gasteiger charge is 2.44. The summed E-state index contributed by atoms with van der Waals surface area (Å²) >= 11 is 6.53. The van der Waals surface area contributed by atoms with Crippen molar-refractivity contribution in [3.63, 3.8) is 0 Å². The van der Waals surface area contributed by atoms with Crippen molar-refractivity contribution in [1.29, 1.82) is 0 Å². The average Bonchev–Trinajstić information content (AvgIpc) is 2.74. The van der Waals surface area contributed by atoms with Gasteiger partial charge in [-0.3, -0.25) is 0 Å². The molecule has 0 bridgehead atoms. The van der Waals surface area contributed by atoms with E-state index >= 15 is 0 Å². The molecule has 1 aliphatic heterocycles. The second kappa shape index (κ2) is 6.79. The Bertz CT molecular complexity index is 1140. The molecule has 5 rings (SSSR count). The number of nitrogens with one attached hydrogen (secondary N) is 1. The van der Waals surface area contributed by atoms with Crippen LogP contribution in [-0.2, 0) is 5.41 Å². The molecule has 0 unspecified atom stereocenters.